The molecule has 2 rings (SSSR count). The van der Waals surface area contributed by atoms with E-state index < -0.39 is 0 Å². The molecule has 0 saturated heterocycles. The molecule has 0 aliphatic rings. The summed E-state index contributed by atoms with van der Waals surface area (Å²) in [6, 6.07) is 16.8. The summed E-state index contributed by atoms with van der Waals surface area (Å²) in [4.78, 5) is 24.8. The fraction of sp³-hybridized carbons (Fsp3) is 0.263. The Labute approximate surface area is 147 Å². The number of nitrogens with one attached hydrogen (secondary N) is 3. The number of likely N-dealkylation sites (N-methyl/N-ethyl adjacent to an activating group) is 1. The monoisotopic (exact) mass is 342 g/mol. The van der Waals surface area contributed by atoms with Crippen molar-refractivity contribution >= 4 is 17.5 Å². The standard InChI is InChI=1S/C19H23N3O3/c1-22(13-18(23)20-12-15-6-4-3-5-7-15)14-19(24)21-16-8-10-17(25-2)11-9-16/h3-11H,12-14H2,1-2H3,(H,20,23)(H,21,24)/p+1. The smallest absolute Gasteiger partial charge is 0.279 e. The van der Waals surface area contributed by atoms with Gasteiger partial charge in [-0.05, 0) is 29.8 Å². The topological polar surface area (TPSA) is 71.9 Å². The zero-order valence-electron chi connectivity index (χ0n) is 14.5. The first-order chi connectivity index (χ1) is 12.1. The maximum atomic E-state index is 12.0. The van der Waals surface area contributed by atoms with Crippen LogP contribution in [0.4, 0.5) is 5.69 Å². The second-order valence-electron chi connectivity index (χ2n) is 5.85. The Hall–Kier alpha value is -2.86. The molecule has 0 heterocycles. The zero-order chi connectivity index (χ0) is 18.1. The van der Waals surface area contributed by atoms with Gasteiger partial charge in [0, 0.05) is 12.2 Å². The van der Waals surface area contributed by atoms with E-state index in [1.165, 1.54) is 0 Å². The molecule has 0 aromatic heterocycles. The molecule has 2 aromatic carbocycles. The van der Waals surface area contributed by atoms with Crippen LogP contribution in [0.2, 0.25) is 0 Å². The van der Waals surface area contributed by atoms with Crippen molar-refractivity contribution in [2.45, 2.75) is 6.54 Å². The summed E-state index contributed by atoms with van der Waals surface area (Å²) in [7, 11) is 3.41. The van der Waals surface area contributed by atoms with Gasteiger partial charge in [0.2, 0.25) is 0 Å². The van der Waals surface area contributed by atoms with Gasteiger partial charge < -0.3 is 20.3 Å². The van der Waals surface area contributed by atoms with Crippen LogP contribution in [0.3, 0.4) is 0 Å². The molecule has 2 amide bonds. The van der Waals surface area contributed by atoms with E-state index in [4.69, 9.17) is 4.74 Å². The third-order valence-electron chi connectivity index (χ3n) is 3.63. The van der Waals surface area contributed by atoms with Crippen molar-refractivity contribution in [3.63, 3.8) is 0 Å². The highest BCUT2D eigenvalue weighted by Crippen LogP contribution is 2.14. The van der Waals surface area contributed by atoms with Crippen LogP contribution >= 0.6 is 0 Å². The number of hydrogen-bond donors (Lipinski definition) is 3. The van der Waals surface area contributed by atoms with E-state index in [9.17, 15) is 9.59 Å². The minimum absolute atomic E-state index is 0.0846. The number of anilines is 1. The lowest BCUT2D eigenvalue weighted by Gasteiger charge is -2.14. The molecule has 0 saturated carbocycles. The number of rotatable bonds is 8. The van der Waals surface area contributed by atoms with E-state index >= 15 is 0 Å². The summed E-state index contributed by atoms with van der Waals surface area (Å²) in [5, 5.41) is 5.67. The van der Waals surface area contributed by atoms with Crippen LogP contribution in [-0.4, -0.2) is 39.1 Å². The van der Waals surface area contributed by atoms with Gasteiger partial charge in [-0.3, -0.25) is 9.59 Å². The largest absolute Gasteiger partial charge is 0.497 e. The molecule has 25 heavy (non-hydrogen) atoms. The van der Waals surface area contributed by atoms with Crippen LogP contribution in [0.15, 0.2) is 54.6 Å². The van der Waals surface area contributed by atoms with E-state index in [1.807, 2.05) is 37.4 Å². The van der Waals surface area contributed by atoms with Gasteiger partial charge >= 0.3 is 0 Å². The minimum atomic E-state index is -0.140. The lowest BCUT2D eigenvalue weighted by molar-refractivity contribution is -0.862. The van der Waals surface area contributed by atoms with Crippen molar-refractivity contribution in [1.82, 2.24) is 5.32 Å². The first kappa shape index (κ1) is 18.5. The molecule has 6 nitrogen and oxygen atoms in total. The number of hydrogen-bond acceptors (Lipinski definition) is 3. The number of amides is 2. The number of ether oxygens (including phenoxy) is 1. The average molecular weight is 342 g/mol. The van der Waals surface area contributed by atoms with Crippen LogP contribution in [0.5, 0.6) is 5.75 Å². The van der Waals surface area contributed by atoms with Crippen LogP contribution in [0, 0.1) is 0 Å². The molecule has 0 spiro atoms. The summed E-state index contributed by atoms with van der Waals surface area (Å²) in [6.07, 6.45) is 0. The summed E-state index contributed by atoms with van der Waals surface area (Å²) in [5.41, 5.74) is 1.75. The van der Waals surface area contributed by atoms with Crippen molar-refractivity contribution in [3.8, 4) is 5.75 Å². The zero-order valence-corrected chi connectivity index (χ0v) is 14.5. The summed E-state index contributed by atoms with van der Waals surface area (Å²) < 4.78 is 5.08. The fourth-order valence-electron chi connectivity index (χ4n) is 2.35. The van der Waals surface area contributed by atoms with E-state index in [-0.39, 0.29) is 24.9 Å². The van der Waals surface area contributed by atoms with Crippen molar-refractivity contribution in [1.29, 1.82) is 0 Å². The maximum Gasteiger partial charge on any atom is 0.279 e. The third-order valence-corrected chi connectivity index (χ3v) is 3.63. The summed E-state index contributed by atoms with van der Waals surface area (Å²) in [5.74, 6) is 0.507. The maximum absolute atomic E-state index is 12.0. The molecule has 0 bridgehead atoms. The quantitative estimate of drug-likeness (QED) is 0.653. The van der Waals surface area contributed by atoms with E-state index in [0.717, 1.165) is 16.2 Å². The van der Waals surface area contributed by atoms with Crippen molar-refractivity contribution in [2.75, 3.05) is 32.6 Å². The first-order valence-electron chi connectivity index (χ1n) is 8.12. The second-order valence-corrected chi connectivity index (χ2v) is 5.85. The fourth-order valence-corrected chi connectivity index (χ4v) is 2.35. The molecule has 0 aliphatic heterocycles. The SMILES string of the molecule is COc1ccc(NC(=O)C[NH+](C)CC(=O)NCc2ccccc2)cc1. The molecule has 1 unspecified atom stereocenters. The number of methoxy groups -OCH3 is 1. The van der Waals surface area contributed by atoms with E-state index in [0.29, 0.717) is 12.2 Å². The van der Waals surface area contributed by atoms with Gasteiger partial charge in [-0.25, -0.2) is 0 Å². The second kappa shape index (κ2) is 9.44. The Morgan fingerprint density at radius 2 is 1.60 bits per heavy atom. The Morgan fingerprint density at radius 1 is 0.960 bits per heavy atom. The van der Waals surface area contributed by atoms with Gasteiger partial charge in [-0.2, -0.15) is 0 Å². The lowest BCUT2D eigenvalue weighted by atomic mass is 10.2. The highest BCUT2D eigenvalue weighted by molar-refractivity contribution is 5.91. The molecule has 0 fully saturated rings. The third kappa shape index (κ3) is 6.64. The Bertz CT molecular complexity index is 687. The molecule has 2 aromatic rings. The Balaban J connectivity index is 1.71. The van der Waals surface area contributed by atoms with Crippen molar-refractivity contribution < 1.29 is 19.2 Å². The Kier molecular flexibility index (Phi) is 6.98. The van der Waals surface area contributed by atoms with Gasteiger partial charge in [-0.1, -0.05) is 30.3 Å². The van der Waals surface area contributed by atoms with Crippen LogP contribution in [0.1, 0.15) is 5.56 Å². The number of carbonyl (C=O) groups excluding carboxylic acids is 2. The highest BCUT2D eigenvalue weighted by atomic mass is 16.5. The number of benzene rings is 2. The van der Waals surface area contributed by atoms with Crippen LogP contribution < -0.4 is 20.3 Å². The molecule has 0 aliphatic carbocycles. The van der Waals surface area contributed by atoms with Gasteiger partial charge in [0.05, 0.1) is 14.2 Å². The molecular formula is C19H24N3O3+. The minimum Gasteiger partial charge on any atom is -0.497 e. The number of quaternary nitrogens is 1. The van der Waals surface area contributed by atoms with E-state index in [1.54, 1.807) is 31.4 Å². The highest BCUT2D eigenvalue weighted by Gasteiger charge is 2.14. The lowest BCUT2D eigenvalue weighted by Crippen LogP contribution is -3.11. The van der Waals surface area contributed by atoms with Crippen molar-refractivity contribution in [3.05, 3.63) is 60.2 Å². The van der Waals surface area contributed by atoms with Crippen molar-refractivity contribution in [2.24, 2.45) is 0 Å². The van der Waals surface area contributed by atoms with Gasteiger partial charge in [0.15, 0.2) is 13.1 Å². The Morgan fingerprint density at radius 3 is 2.24 bits per heavy atom. The predicted molar refractivity (Wildman–Crippen MR) is 96.5 cm³/mol. The normalized spacial score (nSPS) is 11.4. The summed E-state index contributed by atoms with van der Waals surface area (Å²) >= 11 is 0. The predicted octanol–water partition coefficient (Wildman–Crippen LogP) is 0.465. The molecule has 0 radical (unpaired) electrons. The van der Waals surface area contributed by atoms with Crippen LogP contribution in [0.25, 0.3) is 0 Å². The first-order valence-corrected chi connectivity index (χ1v) is 8.12. The summed E-state index contributed by atoms with van der Waals surface area (Å²) in [6.45, 7) is 0.943. The van der Waals surface area contributed by atoms with Crippen LogP contribution in [-0.2, 0) is 16.1 Å². The van der Waals surface area contributed by atoms with Gasteiger partial charge in [0.1, 0.15) is 5.75 Å². The molecule has 6 heteroatoms. The number of carbonyl (C=O) groups is 2. The average Bonchev–Trinajstić information content (AvgIpc) is 2.61. The molecule has 3 N–H and O–H groups in total. The molecule has 132 valence electrons. The molecular weight excluding hydrogens is 318 g/mol. The van der Waals surface area contributed by atoms with E-state index in [2.05, 4.69) is 10.6 Å². The molecule has 1 atom stereocenters. The van der Waals surface area contributed by atoms with Gasteiger partial charge in [-0.15, -0.1) is 0 Å². The van der Waals surface area contributed by atoms with Gasteiger partial charge in [0.25, 0.3) is 11.8 Å².